The van der Waals surface area contributed by atoms with Gasteiger partial charge in [0.15, 0.2) is 0 Å². The summed E-state index contributed by atoms with van der Waals surface area (Å²) in [6, 6.07) is 16.0. The van der Waals surface area contributed by atoms with E-state index in [9.17, 15) is 0 Å². The summed E-state index contributed by atoms with van der Waals surface area (Å²) < 4.78 is 5.69. The lowest BCUT2D eigenvalue weighted by Gasteiger charge is -2.57. The van der Waals surface area contributed by atoms with Crippen molar-refractivity contribution in [2.24, 2.45) is 23.5 Å². The van der Waals surface area contributed by atoms with E-state index in [1.54, 1.807) is 12.7 Å². The molecule has 4 aliphatic carbocycles. The smallest absolute Gasteiger partial charge is 0.145 e. The fraction of sp³-hybridized carbons (Fsp3) is 0.485. The second kappa shape index (κ2) is 8.87. The lowest BCUT2D eigenvalue weighted by molar-refractivity contribution is -0.00513. The van der Waals surface area contributed by atoms with E-state index in [2.05, 4.69) is 47.4 Å². The molecule has 4 aliphatic rings. The molecule has 4 bridgehead atoms. The average Bonchev–Trinajstić information content (AvgIpc) is 3.25. The number of nitrogens with zero attached hydrogens (tertiary/aromatic N) is 1. The van der Waals surface area contributed by atoms with Gasteiger partial charge >= 0.3 is 0 Å². The highest BCUT2D eigenvalue weighted by molar-refractivity contribution is 6.01. The van der Waals surface area contributed by atoms with Crippen LogP contribution in [-0.4, -0.2) is 23.6 Å². The van der Waals surface area contributed by atoms with Gasteiger partial charge < -0.3 is 15.5 Å². The molecule has 2 aromatic carbocycles. The van der Waals surface area contributed by atoms with Gasteiger partial charge in [0, 0.05) is 27.5 Å². The van der Waals surface area contributed by atoms with Gasteiger partial charge in [-0.25, -0.2) is 4.98 Å². The second-order valence-corrected chi connectivity index (χ2v) is 12.3. The van der Waals surface area contributed by atoms with Crippen molar-refractivity contribution < 1.29 is 4.74 Å². The van der Waals surface area contributed by atoms with Gasteiger partial charge in [-0.15, -0.1) is 0 Å². The van der Waals surface area contributed by atoms with Crippen molar-refractivity contribution in [3.63, 3.8) is 0 Å². The van der Waals surface area contributed by atoms with E-state index in [4.69, 9.17) is 15.5 Å². The van der Waals surface area contributed by atoms with Crippen LogP contribution in [0.5, 0.6) is 5.75 Å². The van der Waals surface area contributed by atoms with Crippen LogP contribution < -0.4 is 10.5 Å². The summed E-state index contributed by atoms with van der Waals surface area (Å²) in [6.45, 7) is 2.78. The van der Waals surface area contributed by atoms with Crippen LogP contribution >= 0.6 is 0 Å². The first-order chi connectivity index (χ1) is 18.1. The lowest BCUT2D eigenvalue weighted by Crippen LogP contribution is -2.48. The summed E-state index contributed by atoms with van der Waals surface area (Å²) in [5.74, 6) is 3.69. The molecule has 0 atom stereocenters. The zero-order valence-electron chi connectivity index (χ0n) is 22.3. The Morgan fingerprint density at radius 2 is 1.70 bits per heavy atom. The number of ether oxygens (including phenoxy) is 1. The number of pyridine rings is 1. The number of methoxy groups -OCH3 is 1. The summed E-state index contributed by atoms with van der Waals surface area (Å²) in [4.78, 5) is 8.71. The topological polar surface area (TPSA) is 63.9 Å². The second-order valence-electron chi connectivity index (χ2n) is 12.3. The number of fused-ring (bicyclic) bond motifs is 2. The average molecular weight is 494 g/mol. The van der Waals surface area contributed by atoms with Gasteiger partial charge in [-0.1, -0.05) is 12.1 Å². The van der Waals surface area contributed by atoms with E-state index in [0.29, 0.717) is 5.41 Å². The van der Waals surface area contributed by atoms with E-state index in [0.717, 1.165) is 65.9 Å². The van der Waals surface area contributed by atoms with Crippen molar-refractivity contribution in [2.75, 3.05) is 13.7 Å². The summed E-state index contributed by atoms with van der Waals surface area (Å²) >= 11 is 0. The standard InChI is InChI=1S/C33H39N3O/c1-20-6-8-27-26(9-11-30(37-2)32(27)35-20)31-25(5-3-4-12-34)28-16-24(7-10-29(28)36-31)33-17-21-13-22(18-33)15-23(14-21)19-33/h6-11,16,21-23,36H,3-5,12-15,17-19,34H2,1-2H3. The summed E-state index contributed by atoms with van der Waals surface area (Å²) in [5.41, 5.74) is 15.0. The molecule has 4 fully saturated rings. The molecule has 0 radical (unpaired) electrons. The highest BCUT2D eigenvalue weighted by Gasteiger charge is 2.51. The first-order valence-electron chi connectivity index (χ1n) is 14.4. The number of nitrogens with two attached hydrogens (primary N) is 1. The Kier molecular flexibility index (Phi) is 5.58. The van der Waals surface area contributed by atoms with Crippen LogP contribution in [0.4, 0.5) is 0 Å². The van der Waals surface area contributed by atoms with Crippen molar-refractivity contribution in [1.29, 1.82) is 0 Å². The Hall–Kier alpha value is -2.85. The van der Waals surface area contributed by atoms with Crippen LogP contribution in [0.2, 0.25) is 0 Å². The maximum atomic E-state index is 5.91. The van der Waals surface area contributed by atoms with E-state index in [-0.39, 0.29) is 0 Å². The van der Waals surface area contributed by atoms with Crippen molar-refractivity contribution in [3.8, 4) is 17.0 Å². The summed E-state index contributed by atoms with van der Waals surface area (Å²) in [6.07, 6.45) is 11.8. The van der Waals surface area contributed by atoms with Crippen LogP contribution in [0.1, 0.15) is 68.2 Å². The molecule has 0 spiro atoms. The van der Waals surface area contributed by atoms with Crippen molar-refractivity contribution in [2.45, 2.75) is 70.1 Å². The number of unbranched alkanes of at least 4 members (excludes halogenated alkanes) is 1. The molecule has 0 aliphatic heterocycles. The molecular weight excluding hydrogens is 454 g/mol. The minimum atomic E-state index is 0.406. The SMILES string of the molecule is COc1ccc(-c2[nH]c3ccc(C45CC6CC(CC(C6)C4)C5)cc3c2CCCCN)c2ccc(C)nc12. The molecule has 4 saturated carbocycles. The molecule has 0 amide bonds. The maximum absolute atomic E-state index is 5.91. The molecular formula is C33H39N3O. The lowest BCUT2D eigenvalue weighted by atomic mass is 9.48. The number of benzene rings is 2. The van der Waals surface area contributed by atoms with Crippen LogP contribution in [0.3, 0.4) is 0 Å². The normalized spacial score (nSPS) is 26.4. The molecule has 37 heavy (non-hydrogen) atoms. The number of rotatable bonds is 7. The molecule has 4 heteroatoms. The van der Waals surface area contributed by atoms with Crippen molar-refractivity contribution in [3.05, 3.63) is 59.3 Å². The Bertz CT molecular complexity index is 1450. The third-order valence-corrected chi connectivity index (χ3v) is 9.89. The number of hydrogen-bond acceptors (Lipinski definition) is 3. The number of nitrogens with one attached hydrogen (secondary N) is 1. The monoisotopic (exact) mass is 493 g/mol. The quantitative estimate of drug-likeness (QED) is 0.263. The molecule has 192 valence electrons. The van der Waals surface area contributed by atoms with Gasteiger partial charge in [0.05, 0.1) is 12.8 Å². The minimum Gasteiger partial charge on any atom is -0.494 e. The van der Waals surface area contributed by atoms with Crippen molar-refractivity contribution >= 4 is 21.8 Å². The van der Waals surface area contributed by atoms with Gasteiger partial charge in [0.2, 0.25) is 0 Å². The van der Waals surface area contributed by atoms with Gasteiger partial charge in [0.25, 0.3) is 0 Å². The molecule has 4 aromatic rings. The molecule has 0 saturated heterocycles. The van der Waals surface area contributed by atoms with Gasteiger partial charge in [0.1, 0.15) is 11.3 Å². The molecule has 2 aromatic heterocycles. The maximum Gasteiger partial charge on any atom is 0.145 e. The van der Waals surface area contributed by atoms with Gasteiger partial charge in [-0.3, -0.25) is 0 Å². The highest BCUT2D eigenvalue weighted by atomic mass is 16.5. The number of H-pyrrole nitrogens is 1. The Balaban J connectivity index is 1.39. The molecule has 0 unspecified atom stereocenters. The molecule has 2 heterocycles. The molecule has 8 rings (SSSR count). The number of aromatic amines is 1. The minimum absolute atomic E-state index is 0.406. The predicted molar refractivity (Wildman–Crippen MR) is 152 cm³/mol. The third-order valence-electron chi connectivity index (χ3n) is 9.89. The summed E-state index contributed by atoms with van der Waals surface area (Å²) in [5, 5.41) is 2.54. The Morgan fingerprint density at radius 3 is 2.41 bits per heavy atom. The van der Waals surface area contributed by atoms with Crippen LogP contribution in [-0.2, 0) is 11.8 Å². The fourth-order valence-electron chi connectivity index (χ4n) is 8.65. The fourth-order valence-corrected chi connectivity index (χ4v) is 8.65. The van der Waals surface area contributed by atoms with E-state index < -0.39 is 0 Å². The van der Waals surface area contributed by atoms with E-state index in [1.165, 1.54) is 66.2 Å². The largest absolute Gasteiger partial charge is 0.494 e. The van der Waals surface area contributed by atoms with Crippen molar-refractivity contribution in [1.82, 2.24) is 9.97 Å². The molecule has 3 N–H and O–H groups in total. The van der Waals surface area contributed by atoms with Gasteiger partial charge in [-0.2, -0.15) is 0 Å². The number of aromatic nitrogens is 2. The van der Waals surface area contributed by atoms with Gasteiger partial charge in [-0.05, 0) is 136 Å². The highest BCUT2D eigenvalue weighted by Crippen LogP contribution is 2.61. The Labute approximate surface area is 220 Å². The number of hydrogen-bond donors (Lipinski definition) is 2. The zero-order valence-corrected chi connectivity index (χ0v) is 22.3. The van der Waals surface area contributed by atoms with E-state index in [1.807, 2.05) is 6.92 Å². The predicted octanol–water partition coefficient (Wildman–Crippen LogP) is 7.45. The first-order valence-corrected chi connectivity index (χ1v) is 14.4. The summed E-state index contributed by atoms with van der Waals surface area (Å²) in [7, 11) is 1.73. The number of aryl methyl sites for hydroxylation is 2. The third kappa shape index (κ3) is 3.79. The first kappa shape index (κ1) is 23.3. The van der Waals surface area contributed by atoms with Crippen LogP contribution in [0, 0.1) is 24.7 Å². The van der Waals surface area contributed by atoms with Crippen LogP contribution in [0.15, 0.2) is 42.5 Å². The zero-order chi connectivity index (χ0) is 25.1. The van der Waals surface area contributed by atoms with E-state index >= 15 is 0 Å². The molecule has 4 nitrogen and oxygen atoms in total. The van der Waals surface area contributed by atoms with Crippen LogP contribution in [0.25, 0.3) is 33.1 Å². The Morgan fingerprint density at radius 1 is 0.946 bits per heavy atom.